The second kappa shape index (κ2) is 7.86. The van der Waals surface area contributed by atoms with E-state index in [0.717, 1.165) is 22.6 Å². The second-order valence-corrected chi connectivity index (χ2v) is 6.05. The Labute approximate surface area is 144 Å². The standard InChI is InChI=1S/C20H25NO3/c1-14-6-9-19(12-15(14)2)24-16(3)20(22)21(4)13-17-7-10-18(23-5)11-8-17/h6-12,16H,13H2,1-5H3. The largest absolute Gasteiger partial charge is 0.497 e. The summed E-state index contributed by atoms with van der Waals surface area (Å²) in [7, 11) is 3.42. The first kappa shape index (κ1) is 17.9. The van der Waals surface area contributed by atoms with E-state index in [0.29, 0.717) is 6.54 Å². The molecule has 0 aliphatic carbocycles. The zero-order valence-corrected chi connectivity index (χ0v) is 15.0. The minimum atomic E-state index is -0.532. The zero-order valence-electron chi connectivity index (χ0n) is 15.0. The molecule has 0 aliphatic heterocycles. The molecule has 4 heteroatoms. The summed E-state index contributed by atoms with van der Waals surface area (Å²) in [5.41, 5.74) is 3.40. The van der Waals surface area contributed by atoms with E-state index in [-0.39, 0.29) is 5.91 Å². The van der Waals surface area contributed by atoms with Gasteiger partial charge in [0.05, 0.1) is 7.11 Å². The van der Waals surface area contributed by atoms with E-state index >= 15 is 0 Å². The van der Waals surface area contributed by atoms with Crippen molar-refractivity contribution in [1.29, 1.82) is 0 Å². The number of carbonyl (C=O) groups excluding carboxylic acids is 1. The van der Waals surface area contributed by atoms with Crippen LogP contribution in [0.1, 0.15) is 23.6 Å². The van der Waals surface area contributed by atoms with Crippen LogP contribution in [0.4, 0.5) is 0 Å². The number of methoxy groups -OCH3 is 1. The Morgan fingerprint density at radius 3 is 2.25 bits per heavy atom. The molecule has 0 radical (unpaired) electrons. The van der Waals surface area contributed by atoms with Crippen molar-refractivity contribution >= 4 is 5.91 Å². The van der Waals surface area contributed by atoms with Gasteiger partial charge < -0.3 is 14.4 Å². The maximum Gasteiger partial charge on any atom is 0.263 e. The van der Waals surface area contributed by atoms with Crippen LogP contribution in [-0.2, 0) is 11.3 Å². The fourth-order valence-electron chi connectivity index (χ4n) is 2.43. The minimum Gasteiger partial charge on any atom is -0.497 e. The number of amides is 1. The minimum absolute atomic E-state index is 0.0518. The summed E-state index contributed by atoms with van der Waals surface area (Å²) >= 11 is 0. The van der Waals surface area contributed by atoms with E-state index in [1.807, 2.05) is 49.4 Å². The van der Waals surface area contributed by atoms with Gasteiger partial charge in [0.15, 0.2) is 6.10 Å². The van der Waals surface area contributed by atoms with Crippen molar-refractivity contribution in [2.24, 2.45) is 0 Å². The van der Waals surface area contributed by atoms with Crippen LogP contribution in [0, 0.1) is 13.8 Å². The molecule has 128 valence electrons. The van der Waals surface area contributed by atoms with Crippen LogP contribution in [0.2, 0.25) is 0 Å². The van der Waals surface area contributed by atoms with Crippen LogP contribution in [0.3, 0.4) is 0 Å². The molecule has 0 aliphatic rings. The van der Waals surface area contributed by atoms with Crippen molar-refractivity contribution in [3.63, 3.8) is 0 Å². The predicted octanol–water partition coefficient (Wildman–Crippen LogP) is 3.74. The molecule has 0 saturated carbocycles. The molecule has 0 aromatic heterocycles. The summed E-state index contributed by atoms with van der Waals surface area (Å²) in [6.45, 7) is 6.40. The molecule has 2 aromatic carbocycles. The SMILES string of the molecule is COc1ccc(CN(C)C(=O)C(C)Oc2ccc(C)c(C)c2)cc1. The number of carbonyl (C=O) groups is 1. The second-order valence-electron chi connectivity index (χ2n) is 6.05. The van der Waals surface area contributed by atoms with Crippen molar-refractivity contribution in [2.75, 3.05) is 14.2 Å². The van der Waals surface area contributed by atoms with Gasteiger partial charge in [0, 0.05) is 13.6 Å². The third-order valence-electron chi connectivity index (χ3n) is 4.09. The summed E-state index contributed by atoms with van der Waals surface area (Å²) in [6, 6.07) is 13.6. The molecule has 2 aromatic rings. The van der Waals surface area contributed by atoms with Crippen molar-refractivity contribution in [2.45, 2.75) is 33.4 Å². The number of likely N-dealkylation sites (N-methyl/N-ethyl adjacent to an activating group) is 1. The summed E-state index contributed by atoms with van der Waals surface area (Å²) < 4.78 is 10.9. The zero-order chi connectivity index (χ0) is 17.7. The van der Waals surface area contributed by atoms with Crippen molar-refractivity contribution in [1.82, 2.24) is 4.90 Å². The van der Waals surface area contributed by atoms with Gasteiger partial charge in [-0.2, -0.15) is 0 Å². The lowest BCUT2D eigenvalue weighted by Crippen LogP contribution is -2.37. The Hall–Kier alpha value is -2.49. The van der Waals surface area contributed by atoms with Gasteiger partial charge in [-0.15, -0.1) is 0 Å². The highest BCUT2D eigenvalue weighted by molar-refractivity contribution is 5.80. The number of benzene rings is 2. The van der Waals surface area contributed by atoms with Gasteiger partial charge in [-0.1, -0.05) is 18.2 Å². The first-order valence-electron chi connectivity index (χ1n) is 8.02. The molecule has 0 N–H and O–H groups in total. The highest BCUT2D eigenvalue weighted by atomic mass is 16.5. The number of rotatable bonds is 6. The Kier molecular flexibility index (Phi) is 5.85. The van der Waals surface area contributed by atoms with Crippen LogP contribution in [-0.4, -0.2) is 31.1 Å². The quantitative estimate of drug-likeness (QED) is 0.811. The summed E-state index contributed by atoms with van der Waals surface area (Å²) in [5, 5.41) is 0. The average molecular weight is 327 g/mol. The van der Waals surface area contributed by atoms with E-state index in [1.54, 1.807) is 26.0 Å². The molecular formula is C20H25NO3. The molecule has 2 rings (SSSR count). The Morgan fingerprint density at radius 2 is 1.67 bits per heavy atom. The molecule has 0 bridgehead atoms. The maximum absolute atomic E-state index is 12.5. The highest BCUT2D eigenvalue weighted by Crippen LogP contribution is 2.19. The van der Waals surface area contributed by atoms with Gasteiger partial charge in [-0.05, 0) is 61.7 Å². The molecule has 4 nitrogen and oxygen atoms in total. The van der Waals surface area contributed by atoms with E-state index in [2.05, 4.69) is 6.92 Å². The van der Waals surface area contributed by atoms with Crippen molar-refractivity contribution in [3.05, 3.63) is 59.2 Å². The maximum atomic E-state index is 12.5. The molecular weight excluding hydrogens is 302 g/mol. The molecule has 0 saturated heterocycles. The lowest BCUT2D eigenvalue weighted by molar-refractivity contribution is -0.137. The topological polar surface area (TPSA) is 38.8 Å². The van der Waals surface area contributed by atoms with Crippen LogP contribution in [0.15, 0.2) is 42.5 Å². The summed E-state index contributed by atoms with van der Waals surface area (Å²) in [5.74, 6) is 1.47. The fraction of sp³-hybridized carbons (Fsp3) is 0.350. The van der Waals surface area contributed by atoms with Crippen LogP contribution < -0.4 is 9.47 Å². The van der Waals surface area contributed by atoms with E-state index < -0.39 is 6.10 Å². The fourth-order valence-corrected chi connectivity index (χ4v) is 2.43. The van der Waals surface area contributed by atoms with Gasteiger partial charge in [0.1, 0.15) is 11.5 Å². The monoisotopic (exact) mass is 327 g/mol. The average Bonchev–Trinajstić information content (AvgIpc) is 2.58. The van der Waals surface area contributed by atoms with Gasteiger partial charge in [0.2, 0.25) is 0 Å². The molecule has 0 heterocycles. The van der Waals surface area contributed by atoms with Crippen LogP contribution >= 0.6 is 0 Å². The lowest BCUT2D eigenvalue weighted by Gasteiger charge is -2.22. The summed E-state index contributed by atoms with van der Waals surface area (Å²) in [6.07, 6.45) is -0.532. The van der Waals surface area contributed by atoms with Gasteiger partial charge in [-0.3, -0.25) is 4.79 Å². The Bertz CT molecular complexity index is 695. The van der Waals surface area contributed by atoms with Gasteiger partial charge >= 0.3 is 0 Å². The Balaban J connectivity index is 1.96. The normalized spacial score (nSPS) is 11.7. The molecule has 0 fully saturated rings. The van der Waals surface area contributed by atoms with Crippen molar-refractivity contribution in [3.8, 4) is 11.5 Å². The van der Waals surface area contributed by atoms with Crippen molar-refractivity contribution < 1.29 is 14.3 Å². The third kappa shape index (κ3) is 4.51. The van der Waals surface area contributed by atoms with Crippen LogP contribution in [0.5, 0.6) is 11.5 Å². The number of hydrogen-bond donors (Lipinski definition) is 0. The number of ether oxygens (including phenoxy) is 2. The number of hydrogen-bond acceptors (Lipinski definition) is 3. The number of aryl methyl sites for hydroxylation is 2. The molecule has 1 atom stereocenters. The summed E-state index contributed by atoms with van der Waals surface area (Å²) in [4.78, 5) is 14.2. The lowest BCUT2D eigenvalue weighted by atomic mass is 10.1. The smallest absolute Gasteiger partial charge is 0.263 e. The molecule has 0 spiro atoms. The predicted molar refractivity (Wildman–Crippen MR) is 95.5 cm³/mol. The van der Waals surface area contributed by atoms with E-state index in [9.17, 15) is 4.79 Å². The van der Waals surface area contributed by atoms with Gasteiger partial charge in [0.25, 0.3) is 5.91 Å². The molecule has 1 amide bonds. The van der Waals surface area contributed by atoms with Gasteiger partial charge in [-0.25, -0.2) is 0 Å². The number of nitrogens with zero attached hydrogens (tertiary/aromatic N) is 1. The Morgan fingerprint density at radius 1 is 1.04 bits per heavy atom. The first-order chi connectivity index (χ1) is 11.4. The first-order valence-corrected chi connectivity index (χ1v) is 8.02. The van der Waals surface area contributed by atoms with Crippen LogP contribution in [0.25, 0.3) is 0 Å². The molecule has 1 unspecified atom stereocenters. The van der Waals surface area contributed by atoms with E-state index in [1.165, 1.54) is 5.56 Å². The molecule has 24 heavy (non-hydrogen) atoms. The highest BCUT2D eigenvalue weighted by Gasteiger charge is 2.19. The third-order valence-corrected chi connectivity index (χ3v) is 4.09. The van der Waals surface area contributed by atoms with E-state index in [4.69, 9.17) is 9.47 Å².